The van der Waals surface area contributed by atoms with Crippen LogP contribution in [0.3, 0.4) is 0 Å². The largest absolute Gasteiger partial charge is 0.444 e. The average Bonchev–Trinajstić information content (AvgIpc) is 2.55. The van der Waals surface area contributed by atoms with Crippen molar-refractivity contribution in [3.8, 4) is 5.75 Å². The fourth-order valence-electron chi connectivity index (χ4n) is 3.29. The van der Waals surface area contributed by atoms with Gasteiger partial charge in [0.15, 0.2) is 0 Å². The Labute approximate surface area is 170 Å². The number of nitrogens with zero attached hydrogens (tertiary/aromatic N) is 2. The van der Waals surface area contributed by atoms with Crippen LogP contribution in [0.25, 0.3) is 0 Å². The summed E-state index contributed by atoms with van der Waals surface area (Å²) in [5.41, 5.74) is 4.02. The maximum Gasteiger partial charge on any atom is 0.248 e. The van der Waals surface area contributed by atoms with Crippen LogP contribution in [0.4, 0.5) is 0 Å². The zero-order chi connectivity index (χ0) is 21.0. The van der Waals surface area contributed by atoms with Crippen LogP contribution in [0, 0.1) is 6.92 Å². The second kappa shape index (κ2) is 9.72. The number of hydrogen-bond acceptors (Lipinski definition) is 3. The highest BCUT2D eigenvalue weighted by Gasteiger charge is 2.32. The summed E-state index contributed by atoms with van der Waals surface area (Å²) in [4.78, 5) is 0. The van der Waals surface area contributed by atoms with E-state index in [1.165, 1.54) is 16.7 Å². The van der Waals surface area contributed by atoms with E-state index in [0.717, 1.165) is 31.9 Å². The first-order valence-corrected chi connectivity index (χ1v) is 11.7. The lowest BCUT2D eigenvalue weighted by Crippen LogP contribution is -2.32. The molecule has 156 valence electrons. The number of aryl methyl sites for hydroxylation is 1. The Morgan fingerprint density at radius 2 is 1.07 bits per heavy atom. The third-order valence-electron chi connectivity index (χ3n) is 4.97. The number of rotatable bonds is 8. The molecule has 0 aromatic heterocycles. The molecule has 0 spiro atoms. The number of hydrogen-bond donors (Lipinski definition) is 0. The van der Waals surface area contributed by atoms with Gasteiger partial charge in [-0.05, 0) is 17.8 Å². The molecule has 0 fully saturated rings. The summed E-state index contributed by atoms with van der Waals surface area (Å²) in [6.07, 6.45) is 0. The Morgan fingerprint density at radius 3 is 1.33 bits per heavy atom. The van der Waals surface area contributed by atoms with Gasteiger partial charge in [0.05, 0.1) is 0 Å². The number of benzene rings is 1. The molecule has 0 aliphatic carbocycles. The van der Waals surface area contributed by atoms with Crippen molar-refractivity contribution in [1.82, 2.24) is 9.34 Å². The minimum absolute atomic E-state index is 0.0366. The zero-order valence-electron chi connectivity index (χ0n) is 19.7. The average molecular weight is 395 g/mol. The highest BCUT2D eigenvalue weighted by molar-refractivity contribution is 7.47. The molecule has 0 amide bonds. The first-order valence-electron chi connectivity index (χ1n) is 10.5. The molecule has 1 aromatic carbocycles. The lowest BCUT2D eigenvalue weighted by atomic mass is 9.78. The molecule has 27 heavy (non-hydrogen) atoms. The summed E-state index contributed by atoms with van der Waals surface area (Å²) in [5, 5.41) is 0. The Bertz CT molecular complexity index is 546. The monoisotopic (exact) mass is 394 g/mol. The quantitative estimate of drug-likeness (QED) is 0.447. The van der Waals surface area contributed by atoms with E-state index in [2.05, 4.69) is 97.6 Å². The van der Waals surface area contributed by atoms with Crippen LogP contribution in [-0.2, 0) is 10.8 Å². The normalized spacial score (nSPS) is 13.1. The summed E-state index contributed by atoms with van der Waals surface area (Å²) < 4.78 is 11.9. The molecular weight excluding hydrogens is 351 g/mol. The fourth-order valence-corrected chi connectivity index (χ4v) is 5.21. The van der Waals surface area contributed by atoms with Crippen LogP contribution in [0.5, 0.6) is 5.75 Å². The van der Waals surface area contributed by atoms with Crippen LogP contribution >= 0.6 is 8.45 Å². The predicted molar refractivity (Wildman–Crippen MR) is 122 cm³/mol. The summed E-state index contributed by atoms with van der Waals surface area (Å²) in [6.45, 7) is 28.9. The van der Waals surface area contributed by atoms with Gasteiger partial charge in [0, 0.05) is 37.3 Å². The van der Waals surface area contributed by atoms with Gasteiger partial charge in [0.1, 0.15) is 5.75 Å². The van der Waals surface area contributed by atoms with Crippen molar-refractivity contribution in [3.63, 3.8) is 0 Å². The van der Waals surface area contributed by atoms with Gasteiger partial charge in [-0.15, -0.1) is 0 Å². The third kappa shape index (κ3) is 6.17. The molecule has 3 nitrogen and oxygen atoms in total. The smallest absolute Gasteiger partial charge is 0.248 e. The molecule has 1 rings (SSSR count). The first kappa shape index (κ1) is 24.4. The summed E-state index contributed by atoms with van der Waals surface area (Å²) in [7, 11) is -0.834. The highest BCUT2D eigenvalue weighted by Crippen LogP contribution is 2.50. The maximum absolute atomic E-state index is 6.99. The van der Waals surface area contributed by atoms with Crippen molar-refractivity contribution in [2.24, 2.45) is 0 Å². The molecule has 0 saturated heterocycles. The molecule has 0 aliphatic rings. The molecule has 0 heterocycles. The predicted octanol–water partition coefficient (Wildman–Crippen LogP) is 6.88. The standard InChI is InChI=1S/C23H43N2OP/c1-12-24(13-2)27(25(14-3)15-4)26-21-19(22(6,7)8)16-18(5)17-20(21)23(9,10)11/h16-17H,12-15H2,1-11H3. The van der Waals surface area contributed by atoms with Crippen molar-refractivity contribution < 1.29 is 4.52 Å². The second-order valence-electron chi connectivity index (χ2n) is 9.31. The van der Waals surface area contributed by atoms with Gasteiger partial charge >= 0.3 is 0 Å². The molecule has 0 atom stereocenters. The summed E-state index contributed by atoms with van der Waals surface area (Å²) in [5.74, 6) is 1.10. The Balaban J connectivity index is 3.64. The molecule has 4 heteroatoms. The molecule has 0 radical (unpaired) electrons. The van der Waals surface area contributed by atoms with Gasteiger partial charge in [-0.3, -0.25) is 0 Å². The lowest BCUT2D eigenvalue weighted by Gasteiger charge is -2.39. The summed E-state index contributed by atoms with van der Waals surface area (Å²) in [6, 6.07) is 4.64. The highest BCUT2D eigenvalue weighted by atomic mass is 31.2. The topological polar surface area (TPSA) is 15.7 Å². The molecule has 0 unspecified atom stereocenters. The SMILES string of the molecule is CCN(CC)P(Oc1c(C(C)(C)C)cc(C)cc1C(C)(C)C)N(CC)CC. The van der Waals surface area contributed by atoms with E-state index >= 15 is 0 Å². The van der Waals surface area contributed by atoms with Crippen molar-refractivity contribution in [2.45, 2.75) is 87.0 Å². The maximum atomic E-state index is 6.99. The Kier molecular flexibility index (Phi) is 8.79. The van der Waals surface area contributed by atoms with E-state index in [9.17, 15) is 0 Å². The van der Waals surface area contributed by atoms with Gasteiger partial charge < -0.3 is 4.52 Å². The van der Waals surface area contributed by atoms with Crippen molar-refractivity contribution in [2.75, 3.05) is 26.2 Å². The van der Waals surface area contributed by atoms with E-state index in [1.54, 1.807) is 0 Å². The molecule has 0 N–H and O–H groups in total. The van der Waals surface area contributed by atoms with Crippen LogP contribution in [0.15, 0.2) is 12.1 Å². The minimum atomic E-state index is -0.834. The zero-order valence-corrected chi connectivity index (χ0v) is 20.6. The Morgan fingerprint density at radius 1 is 0.741 bits per heavy atom. The molecule has 0 bridgehead atoms. The van der Waals surface area contributed by atoms with Gasteiger partial charge in [-0.1, -0.05) is 86.9 Å². The van der Waals surface area contributed by atoms with Crippen molar-refractivity contribution >= 4 is 8.45 Å². The van der Waals surface area contributed by atoms with Crippen molar-refractivity contribution in [1.29, 1.82) is 0 Å². The van der Waals surface area contributed by atoms with Crippen LogP contribution in [-0.4, -0.2) is 35.5 Å². The van der Waals surface area contributed by atoms with Gasteiger partial charge in [-0.25, -0.2) is 9.34 Å². The van der Waals surface area contributed by atoms with Gasteiger partial charge in [0.25, 0.3) is 0 Å². The first-order chi connectivity index (χ1) is 12.4. The molecule has 0 saturated carbocycles. The van der Waals surface area contributed by atoms with Crippen LogP contribution in [0.2, 0.25) is 0 Å². The van der Waals surface area contributed by atoms with E-state index < -0.39 is 8.45 Å². The van der Waals surface area contributed by atoms with Crippen molar-refractivity contribution in [3.05, 3.63) is 28.8 Å². The minimum Gasteiger partial charge on any atom is -0.444 e. The fraction of sp³-hybridized carbons (Fsp3) is 0.739. The van der Waals surface area contributed by atoms with E-state index in [0.29, 0.717) is 0 Å². The van der Waals surface area contributed by atoms with E-state index in [1.807, 2.05) is 0 Å². The van der Waals surface area contributed by atoms with Crippen LogP contribution in [0.1, 0.15) is 85.9 Å². The van der Waals surface area contributed by atoms with E-state index in [4.69, 9.17) is 4.52 Å². The van der Waals surface area contributed by atoms with Crippen LogP contribution < -0.4 is 4.52 Å². The summed E-state index contributed by atoms with van der Waals surface area (Å²) >= 11 is 0. The lowest BCUT2D eigenvalue weighted by molar-refractivity contribution is 0.353. The molecule has 1 aromatic rings. The van der Waals surface area contributed by atoms with Gasteiger partial charge in [0.2, 0.25) is 8.45 Å². The van der Waals surface area contributed by atoms with Gasteiger partial charge in [-0.2, -0.15) is 0 Å². The second-order valence-corrected chi connectivity index (χ2v) is 11.1. The molecular formula is C23H43N2OP. The molecule has 0 aliphatic heterocycles. The Hall–Kier alpha value is -0.630. The van der Waals surface area contributed by atoms with E-state index in [-0.39, 0.29) is 10.8 Å². The third-order valence-corrected chi connectivity index (χ3v) is 7.41.